The Morgan fingerprint density at radius 2 is 1.79 bits per heavy atom. The summed E-state index contributed by atoms with van der Waals surface area (Å²) in [7, 11) is 2.42. The maximum Gasteiger partial charge on any atom is 0.355 e. The molecular formula is C23H22N4O6. The van der Waals surface area contributed by atoms with Gasteiger partial charge in [0, 0.05) is 16.8 Å². The van der Waals surface area contributed by atoms with Crippen molar-refractivity contribution in [3.8, 4) is 28.4 Å². The number of para-hydroxylation sites is 1. The van der Waals surface area contributed by atoms with Crippen molar-refractivity contribution in [2.45, 2.75) is 19.0 Å². The van der Waals surface area contributed by atoms with E-state index in [1.165, 1.54) is 18.9 Å². The summed E-state index contributed by atoms with van der Waals surface area (Å²) in [5.41, 5.74) is -0.882. The van der Waals surface area contributed by atoms with Gasteiger partial charge in [-0.25, -0.2) is 9.48 Å². The summed E-state index contributed by atoms with van der Waals surface area (Å²) in [5, 5.41) is 7.57. The second-order valence-electron chi connectivity index (χ2n) is 7.23. The number of anilines is 1. The van der Waals surface area contributed by atoms with Crippen molar-refractivity contribution < 1.29 is 23.8 Å². The molecule has 1 N–H and O–H groups in total. The highest BCUT2D eigenvalue weighted by Crippen LogP contribution is 2.39. The molecule has 0 fully saturated rings. The van der Waals surface area contributed by atoms with Crippen LogP contribution >= 0.6 is 0 Å². The quantitative estimate of drug-likeness (QED) is 0.563. The Morgan fingerprint density at radius 3 is 2.45 bits per heavy atom. The monoisotopic (exact) mass is 450 g/mol. The predicted octanol–water partition coefficient (Wildman–Crippen LogP) is 2.19. The highest BCUT2D eigenvalue weighted by Gasteiger charge is 2.50. The van der Waals surface area contributed by atoms with E-state index < -0.39 is 29.6 Å². The molecule has 2 heterocycles. The third kappa shape index (κ3) is 3.79. The lowest BCUT2D eigenvalue weighted by Gasteiger charge is -2.38. The normalized spacial score (nSPS) is 16.1. The van der Waals surface area contributed by atoms with Gasteiger partial charge in [0.25, 0.3) is 5.56 Å². The third-order valence-corrected chi connectivity index (χ3v) is 5.27. The van der Waals surface area contributed by atoms with E-state index in [4.69, 9.17) is 14.2 Å². The number of esters is 2. The molecule has 3 aromatic rings. The Bertz CT molecular complexity index is 1270. The van der Waals surface area contributed by atoms with E-state index >= 15 is 0 Å². The summed E-state index contributed by atoms with van der Waals surface area (Å²) in [4.78, 5) is 42.7. The molecule has 170 valence electrons. The summed E-state index contributed by atoms with van der Waals surface area (Å²) in [5.74, 6) is -0.712. The molecule has 0 aliphatic carbocycles. The smallest absolute Gasteiger partial charge is 0.355 e. The maximum absolute atomic E-state index is 13.1. The van der Waals surface area contributed by atoms with Crippen molar-refractivity contribution in [3.05, 3.63) is 58.9 Å². The zero-order valence-corrected chi connectivity index (χ0v) is 18.3. The summed E-state index contributed by atoms with van der Waals surface area (Å²) >= 11 is 0. The predicted molar refractivity (Wildman–Crippen MR) is 119 cm³/mol. The molecule has 1 aromatic heterocycles. The number of carbonyl (C=O) groups excluding carboxylic acids is 2. The van der Waals surface area contributed by atoms with Crippen LogP contribution in [-0.4, -0.2) is 47.5 Å². The Balaban J connectivity index is 1.97. The van der Waals surface area contributed by atoms with Crippen molar-refractivity contribution in [1.82, 2.24) is 14.8 Å². The lowest BCUT2D eigenvalue weighted by Crippen LogP contribution is -2.55. The number of benzene rings is 2. The van der Waals surface area contributed by atoms with Gasteiger partial charge in [0.05, 0.1) is 20.8 Å². The van der Waals surface area contributed by atoms with Gasteiger partial charge in [-0.05, 0) is 43.3 Å². The fraction of sp³-hybridized carbons (Fsp3) is 0.261. The lowest BCUT2D eigenvalue weighted by molar-refractivity contribution is -0.157. The zero-order valence-electron chi connectivity index (χ0n) is 18.3. The van der Waals surface area contributed by atoms with Crippen molar-refractivity contribution >= 4 is 17.6 Å². The van der Waals surface area contributed by atoms with Crippen LogP contribution in [0.3, 0.4) is 0 Å². The van der Waals surface area contributed by atoms with Gasteiger partial charge >= 0.3 is 11.9 Å². The Morgan fingerprint density at radius 1 is 1.06 bits per heavy atom. The van der Waals surface area contributed by atoms with Crippen LogP contribution in [0.25, 0.3) is 22.6 Å². The van der Waals surface area contributed by atoms with Gasteiger partial charge in [-0.1, -0.05) is 12.1 Å². The van der Waals surface area contributed by atoms with Gasteiger partial charge in [0.2, 0.25) is 5.66 Å². The van der Waals surface area contributed by atoms with E-state index in [-0.39, 0.29) is 11.5 Å². The molecule has 0 amide bonds. The summed E-state index contributed by atoms with van der Waals surface area (Å²) in [6, 6.07) is 13.7. The van der Waals surface area contributed by atoms with Crippen LogP contribution in [0.2, 0.25) is 0 Å². The van der Waals surface area contributed by atoms with E-state index in [0.29, 0.717) is 29.2 Å². The molecule has 0 saturated heterocycles. The number of methoxy groups -OCH3 is 2. The third-order valence-electron chi connectivity index (χ3n) is 5.27. The van der Waals surface area contributed by atoms with Crippen LogP contribution in [0.1, 0.15) is 13.3 Å². The SMILES string of the molecule is CCOc1ccc(-c2nn3c(nc2=O)-c2ccccc2N[C@@]3(CC(=O)OC)C(=O)OC)cc1. The molecule has 0 unspecified atom stereocenters. The second-order valence-corrected chi connectivity index (χ2v) is 7.23. The topological polar surface area (TPSA) is 122 Å². The molecule has 2 aromatic carbocycles. The number of fused-ring (bicyclic) bond motifs is 3. The number of nitrogens with one attached hydrogen (secondary N) is 1. The molecule has 1 atom stereocenters. The number of hydrogen-bond acceptors (Lipinski definition) is 9. The molecule has 10 nitrogen and oxygen atoms in total. The molecule has 33 heavy (non-hydrogen) atoms. The number of rotatable bonds is 6. The van der Waals surface area contributed by atoms with Crippen LogP contribution in [0.4, 0.5) is 5.69 Å². The first-order valence-electron chi connectivity index (χ1n) is 10.2. The molecule has 0 saturated carbocycles. The van der Waals surface area contributed by atoms with Gasteiger partial charge in [-0.3, -0.25) is 9.59 Å². The summed E-state index contributed by atoms with van der Waals surface area (Å²) in [6.45, 7) is 2.37. The fourth-order valence-electron chi connectivity index (χ4n) is 3.73. The minimum atomic E-state index is -1.81. The number of nitrogens with zero attached hydrogens (tertiary/aromatic N) is 3. The average Bonchev–Trinajstić information content (AvgIpc) is 2.84. The molecular weight excluding hydrogens is 428 g/mol. The molecule has 1 aliphatic rings. The first-order valence-corrected chi connectivity index (χ1v) is 10.2. The first-order chi connectivity index (χ1) is 15.9. The van der Waals surface area contributed by atoms with Gasteiger partial charge in [-0.15, -0.1) is 0 Å². The van der Waals surface area contributed by atoms with Crippen LogP contribution in [0.5, 0.6) is 5.75 Å². The van der Waals surface area contributed by atoms with Crippen molar-refractivity contribution in [2.75, 3.05) is 26.1 Å². The number of ether oxygens (including phenoxy) is 3. The van der Waals surface area contributed by atoms with Gasteiger partial charge in [0.15, 0.2) is 11.5 Å². The Kier molecular flexibility index (Phi) is 5.82. The molecule has 10 heteroatoms. The largest absolute Gasteiger partial charge is 0.494 e. The van der Waals surface area contributed by atoms with Crippen LogP contribution in [0.15, 0.2) is 53.3 Å². The Labute approximate surface area is 189 Å². The second kappa shape index (κ2) is 8.73. The minimum Gasteiger partial charge on any atom is -0.494 e. The van der Waals surface area contributed by atoms with Crippen LogP contribution < -0.4 is 15.6 Å². The molecule has 0 radical (unpaired) electrons. The van der Waals surface area contributed by atoms with Crippen LogP contribution in [0, 0.1) is 0 Å². The van der Waals surface area contributed by atoms with Crippen LogP contribution in [-0.2, 0) is 24.7 Å². The highest BCUT2D eigenvalue weighted by atomic mass is 16.5. The Hall–Kier alpha value is -4.21. The van der Waals surface area contributed by atoms with E-state index in [1.54, 1.807) is 48.5 Å². The molecule has 4 rings (SSSR count). The van der Waals surface area contributed by atoms with E-state index in [0.717, 1.165) is 0 Å². The van der Waals surface area contributed by atoms with Gasteiger partial charge in [-0.2, -0.15) is 10.1 Å². The standard InChI is InChI=1S/C23H22N4O6/c1-4-33-15-11-9-14(10-12-15)19-21(29)24-20-16-7-5-6-8-17(16)25-23(22(30)32-3,27(20)26-19)13-18(28)31-2/h5-12,25H,4,13H2,1-3H3/t23-/m1/s1. The summed E-state index contributed by atoms with van der Waals surface area (Å²) < 4.78 is 16.5. The van der Waals surface area contributed by atoms with E-state index in [2.05, 4.69) is 15.4 Å². The first kappa shape index (κ1) is 22.0. The molecule has 1 aliphatic heterocycles. The van der Waals surface area contributed by atoms with Crippen molar-refractivity contribution in [3.63, 3.8) is 0 Å². The fourth-order valence-corrected chi connectivity index (χ4v) is 3.73. The molecule has 0 bridgehead atoms. The zero-order chi connectivity index (χ0) is 23.6. The van der Waals surface area contributed by atoms with Crippen molar-refractivity contribution in [2.24, 2.45) is 0 Å². The number of hydrogen-bond donors (Lipinski definition) is 1. The lowest BCUT2D eigenvalue weighted by atomic mass is 9.99. The maximum atomic E-state index is 13.1. The van der Waals surface area contributed by atoms with E-state index in [9.17, 15) is 14.4 Å². The minimum absolute atomic E-state index is 0.00104. The average molecular weight is 450 g/mol. The molecule has 0 spiro atoms. The van der Waals surface area contributed by atoms with Gasteiger partial charge < -0.3 is 19.5 Å². The highest BCUT2D eigenvalue weighted by molar-refractivity contribution is 5.92. The van der Waals surface area contributed by atoms with E-state index in [1.807, 2.05) is 6.92 Å². The van der Waals surface area contributed by atoms with Gasteiger partial charge in [0.1, 0.15) is 12.2 Å². The van der Waals surface area contributed by atoms with Crippen molar-refractivity contribution in [1.29, 1.82) is 0 Å². The number of carbonyl (C=O) groups is 2. The number of aromatic nitrogens is 3. The summed E-state index contributed by atoms with van der Waals surface area (Å²) in [6.07, 6.45) is -0.447.